The first-order valence-electron chi connectivity index (χ1n) is 5.12. The van der Waals surface area contributed by atoms with Crippen molar-refractivity contribution in [3.63, 3.8) is 0 Å². The zero-order valence-electron chi connectivity index (χ0n) is 8.95. The Morgan fingerprint density at radius 3 is 1.77 bits per heavy atom. The fourth-order valence-electron chi connectivity index (χ4n) is 1.03. The quantitative estimate of drug-likeness (QED) is 0.332. The Hall–Kier alpha value is -0.160. The Bertz CT molecular complexity index is 77.7. The Kier molecular flexibility index (Phi) is 11.7. The molecule has 0 amide bonds. The van der Waals surface area contributed by atoms with E-state index in [9.17, 15) is 0 Å². The van der Waals surface area contributed by atoms with Gasteiger partial charge in [-0.3, -0.25) is 0 Å². The van der Waals surface area contributed by atoms with E-state index in [0.717, 1.165) is 39.3 Å². The Labute approximate surface area is 81.9 Å². The second kappa shape index (κ2) is 11.8. The van der Waals surface area contributed by atoms with E-state index in [-0.39, 0.29) is 0 Å². The van der Waals surface area contributed by atoms with Crippen LogP contribution in [0.25, 0.3) is 0 Å². The van der Waals surface area contributed by atoms with E-state index in [1.165, 1.54) is 6.42 Å². The van der Waals surface area contributed by atoms with Gasteiger partial charge in [0.05, 0.1) is 0 Å². The molecule has 0 aromatic heterocycles. The summed E-state index contributed by atoms with van der Waals surface area (Å²) in [7, 11) is 3.96. The SMILES string of the molecule is CNCCCNCCNCCNC. The maximum atomic E-state index is 3.37. The maximum Gasteiger partial charge on any atom is 0.00772 e. The fourth-order valence-corrected chi connectivity index (χ4v) is 1.03. The predicted molar refractivity (Wildman–Crippen MR) is 58.2 cm³/mol. The molecular formula is C9H24N4. The highest BCUT2D eigenvalue weighted by Crippen LogP contribution is 1.70. The molecule has 0 aliphatic carbocycles. The van der Waals surface area contributed by atoms with Crippen LogP contribution in [0.5, 0.6) is 0 Å². The van der Waals surface area contributed by atoms with E-state index in [0.29, 0.717) is 0 Å². The third-order valence-electron chi connectivity index (χ3n) is 1.81. The van der Waals surface area contributed by atoms with E-state index >= 15 is 0 Å². The Balaban J connectivity index is 2.76. The molecule has 0 aliphatic rings. The highest BCUT2D eigenvalue weighted by molar-refractivity contribution is 4.53. The number of hydrogen-bond acceptors (Lipinski definition) is 4. The lowest BCUT2D eigenvalue weighted by molar-refractivity contribution is 0.580. The summed E-state index contributed by atoms with van der Waals surface area (Å²) in [5.74, 6) is 0. The lowest BCUT2D eigenvalue weighted by Crippen LogP contribution is -2.32. The highest BCUT2D eigenvalue weighted by Gasteiger charge is 1.87. The van der Waals surface area contributed by atoms with Gasteiger partial charge in [0.1, 0.15) is 0 Å². The van der Waals surface area contributed by atoms with Crippen LogP contribution in [0.15, 0.2) is 0 Å². The first-order valence-corrected chi connectivity index (χ1v) is 5.12. The van der Waals surface area contributed by atoms with Crippen molar-refractivity contribution in [3.8, 4) is 0 Å². The van der Waals surface area contributed by atoms with Crippen LogP contribution in [0.4, 0.5) is 0 Å². The summed E-state index contributed by atoms with van der Waals surface area (Å²) in [4.78, 5) is 0. The summed E-state index contributed by atoms with van der Waals surface area (Å²) >= 11 is 0. The molecule has 0 unspecified atom stereocenters. The van der Waals surface area contributed by atoms with Crippen LogP contribution >= 0.6 is 0 Å². The van der Waals surface area contributed by atoms with Gasteiger partial charge in [0.2, 0.25) is 0 Å². The minimum atomic E-state index is 1.04. The minimum absolute atomic E-state index is 1.04. The van der Waals surface area contributed by atoms with Crippen molar-refractivity contribution in [2.45, 2.75) is 6.42 Å². The van der Waals surface area contributed by atoms with Crippen LogP contribution in [0.1, 0.15) is 6.42 Å². The molecule has 0 rings (SSSR count). The maximum absolute atomic E-state index is 3.37. The molecule has 0 aromatic rings. The molecule has 4 nitrogen and oxygen atoms in total. The number of rotatable bonds is 10. The second-order valence-corrected chi connectivity index (χ2v) is 3.06. The summed E-state index contributed by atoms with van der Waals surface area (Å²) in [5, 5.41) is 12.9. The van der Waals surface area contributed by atoms with Gasteiger partial charge >= 0.3 is 0 Å². The minimum Gasteiger partial charge on any atom is -0.320 e. The van der Waals surface area contributed by atoms with Crippen LogP contribution in [0, 0.1) is 0 Å². The molecule has 0 bridgehead atoms. The molecule has 0 radical (unpaired) electrons. The largest absolute Gasteiger partial charge is 0.320 e. The molecule has 4 N–H and O–H groups in total. The number of nitrogens with one attached hydrogen (secondary N) is 4. The Morgan fingerprint density at radius 1 is 0.615 bits per heavy atom. The van der Waals surface area contributed by atoms with Crippen LogP contribution in [-0.2, 0) is 0 Å². The number of likely N-dealkylation sites (N-methyl/N-ethyl adjacent to an activating group) is 1. The zero-order chi connectivity index (χ0) is 9.78. The van der Waals surface area contributed by atoms with Crippen LogP contribution in [0.2, 0.25) is 0 Å². The monoisotopic (exact) mass is 188 g/mol. The van der Waals surface area contributed by atoms with Gasteiger partial charge in [-0.05, 0) is 33.6 Å². The zero-order valence-corrected chi connectivity index (χ0v) is 8.95. The van der Waals surface area contributed by atoms with Crippen LogP contribution < -0.4 is 21.3 Å². The van der Waals surface area contributed by atoms with Gasteiger partial charge in [0, 0.05) is 26.2 Å². The van der Waals surface area contributed by atoms with Crippen molar-refractivity contribution in [1.29, 1.82) is 0 Å². The molecular weight excluding hydrogens is 164 g/mol. The van der Waals surface area contributed by atoms with Crippen LogP contribution in [0.3, 0.4) is 0 Å². The van der Waals surface area contributed by atoms with Crippen molar-refractivity contribution in [1.82, 2.24) is 21.3 Å². The Morgan fingerprint density at radius 2 is 1.15 bits per heavy atom. The standard InChI is InChI=1S/C9H24N4/c1-10-4-3-5-12-8-9-13-7-6-11-2/h10-13H,3-9H2,1-2H3. The third-order valence-corrected chi connectivity index (χ3v) is 1.81. The smallest absolute Gasteiger partial charge is 0.00772 e. The van der Waals surface area contributed by atoms with Gasteiger partial charge < -0.3 is 21.3 Å². The average molecular weight is 188 g/mol. The molecule has 0 heterocycles. The molecule has 0 fully saturated rings. The van der Waals surface area contributed by atoms with Gasteiger partial charge in [-0.25, -0.2) is 0 Å². The first-order chi connectivity index (χ1) is 6.41. The fraction of sp³-hybridized carbons (Fsp3) is 1.00. The summed E-state index contributed by atoms with van der Waals surface area (Å²) < 4.78 is 0. The van der Waals surface area contributed by atoms with Gasteiger partial charge in [-0.1, -0.05) is 0 Å². The van der Waals surface area contributed by atoms with E-state index in [1.54, 1.807) is 0 Å². The number of hydrogen-bond donors (Lipinski definition) is 4. The van der Waals surface area contributed by atoms with Crippen molar-refractivity contribution < 1.29 is 0 Å². The van der Waals surface area contributed by atoms with Gasteiger partial charge in [-0.2, -0.15) is 0 Å². The topological polar surface area (TPSA) is 48.1 Å². The van der Waals surface area contributed by atoms with Crippen molar-refractivity contribution >= 4 is 0 Å². The molecule has 0 spiro atoms. The molecule has 0 saturated heterocycles. The lowest BCUT2D eigenvalue weighted by Gasteiger charge is -2.05. The summed E-state index contributed by atoms with van der Waals surface area (Å²) in [6, 6.07) is 0. The van der Waals surface area contributed by atoms with Crippen LogP contribution in [-0.4, -0.2) is 53.4 Å². The molecule has 4 heteroatoms. The van der Waals surface area contributed by atoms with E-state index in [4.69, 9.17) is 0 Å². The summed E-state index contributed by atoms with van der Waals surface area (Å²) in [6.07, 6.45) is 1.20. The molecule has 0 aromatic carbocycles. The summed E-state index contributed by atoms with van der Waals surface area (Å²) in [5.41, 5.74) is 0. The first kappa shape index (κ1) is 12.8. The second-order valence-electron chi connectivity index (χ2n) is 3.06. The van der Waals surface area contributed by atoms with Crippen molar-refractivity contribution in [2.75, 3.05) is 53.4 Å². The van der Waals surface area contributed by atoms with Crippen molar-refractivity contribution in [2.24, 2.45) is 0 Å². The normalized spacial score (nSPS) is 10.6. The third kappa shape index (κ3) is 11.8. The van der Waals surface area contributed by atoms with Gasteiger partial charge in [0.15, 0.2) is 0 Å². The molecule has 80 valence electrons. The molecule has 0 saturated carbocycles. The average Bonchev–Trinajstić information content (AvgIpc) is 2.16. The molecule has 13 heavy (non-hydrogen) atoms. The summed E-state index contributed by atoms with van der Waals surface area (Å²) in [6.45, 7) is 6.41. The predicted octanol–water partition coefficient (Wildman–Crippen LogP) is -1.01. The van der Waals surface area contributed by atoms with E-state index in [2.05, 4.69) is 21.3 Å². The lowest BCUT2D eigenvalue weighted by atomic mass is 10.4. The van der Waals surface area contributed by atoms with Gasteiger partial charge in [-0.15, -0.1) is 0 Å². The van der Waals surface area contributed by atoms with Gasteiger partial charge in [0.25, 0.3) is 0 Å². The van der Waals surface area contributed by atoms with E-state index < -0.39 is 0 Å². The molecule has 0 atom stereocenters. The molecule has 0 aliphatic heterocycles. The highest BCUT2D eigenvalue weighted by atomic mass is 15.0. The van der Waals surface area contributed by atoms with Crippen molar-refractivity contribution in [3.05, 3.63) is 0 Å². The van der Waals surface area contributed by atoms with E-state index in [1.807, 2.05) is 14.1 Å².